The minimum atomic E-state index is 0.0406. The van der Waals surface area contributed by atoms with E-state index in [-0.39, 0.29) is 18.1 Å². The summed E-state index contributed by atoms with van der Waals surface area (Å²) in [6, 6.07) is 10.6. The highest BCUT2D eigenvalue weighted by Gasteiger charge is 2.33. The molecular formula is C12H16N2O. The lowest BCUT2D eigenvalue weighted by molar-refractivity contribution is 0.187. The van der Waals surface area contributed by atoms with Crippen molar-refractivity contribution in [2.45, 2.75) is 25.9 Å². The number of amides is 2. The highest BCUT2D eigenvalue weighted by atomic mass is 16.2. The van der Waals surface area contributed by atoms with Crippen molar-refractivity contribution >= 4 is 6.03 Å². The highest BCUT2D eigenvalue weighted by Crippen LogP contribution is 2.26. The average Bonchev–Trinajstić information content (AvgIpc) is 2.61. The summed E-state index contributed by atoms with van der Waals surface area (Å²) in [5, 5.41) is 2.89. The van der Waals surface area contributed by atoms with Crippen LogP contribution in [-0.2, 0) is 0 Å². The van der Waals surface area contributed by atoms with Gasteiger partial charge in [0.25, 0.3) is 0 Å². The number of urea groups is 1. The Morgan fingerprint density at radius 1 is 1.33 bits per heavy atom. The summed E-state index contributed by atoms with van der Waals surface area (Å²) in [5.41, 5.74) is 1.20. The van der Waals surface area contributed by atoms with E-state index in [1.165, 1.54) is 5.56 Å². The first-order valence-electron chi connectivity index (χ1n) is 5.31. The van der Waals surface area contributed by atoms with Gasteiger partial charge in [0.05, 0.1) is 6.04 Å². The van der Waals surface area contributed by atoms with E-state index in [0.717, 1.165) is 0 Å². The third kappa shape index (κ3) is 1.82. The van der Waals surface area contributed by atoms with Crippen molar-refractivity contribution in [1.82, 2.24) is 10.2 Å². The van der Waals surface area contributed by atoms with Crippen LogP contribution in [0.4, 0.5) is 4.79 Å². The molecule has 2 rings (SSSR count). The molecule has 80 valence electrons. The predicted octanol–water partition coefficient (Wildman–Crippen LogP) is 2.16. The molecular weight excluding hydrogens is 188 g/mol. The number of hydrogen-bond acceptors (Lipinski definition) is 1. The Bertz CT molecular complexity index is 348. The summed E-state index contributed by atoms with van der Waals surface area (Å²) in [6.45, 7) is 4.79. The molecule has 1 fully saturated rings. The van der Waals surface area contributed by atoms with Crippen LogP contribution >= 0.6 is 0 Å². The topological polar surface area (TPSA) is 32.3 Å². The zero-order chi connectivity index (χ0) is 10.8. The van der Waals surface area contributed by atoms with Crippen molar-refractivity contribution in [3.05, 3.63) is 35.9 Å². The zero-order valence-corrected chi connectivity index (χ0v) is 9.10. The third-order valence-electron chi connectivity index (χ3n) is 2.76. The Morgan fingerprint density at radius 2 is 2.00 bits per heavy atom. The van der Waals surface area contributed by atoms with Crippen molar-refractivity contribution in [3.63, 3.8) is 0 Å². The molecule has 3 heteroatoms. The molecule has 1 heterocycles. The molecule has 1 unspecified atom stereocenters. The van der Waals surface area contributed by atoms with Gasteiger partial charge in [-0.3, -0.25) is 0 Å². The molecule has 1 aliphatic rings. The quantitative estimate of drug-likeness (QED) is 0.786. The number of nitrogens with one attached hydrogen (secondary N) is 1. The van der Waals surface area contributed by atoms with Crippen molar-refractivity contribution in [2.24, 2.45) is 0 Å². The molecule has 2 amide bonds. The maximum atomic E-state index is 11.6. The molecule has 0 saturated carbocycles. The van der Waals surface area contributed by atoms with Crippen LogP contribution in [0, 0.1) is 0 Å². The first-order valence-corrected chi connectivity index (χ1v) is 5.31. The fourth-order valence-electron chi connectivity index (χ4n) is 2.06. The van der Waals surface area contributed by atoms with E-state index in [1.54, 1.807) is 0 Å². The number of benzene rings is 1. The van der Waals surface area contributed by atoms with Gasteiger partial charge in [0.15, 0.2) is 0 Å². The molecule has 1 aromatic carbocycles. The zero-order valence-electron chi connectivity index (χ0n) is 9.10. The Kier molecular flexibility index (Phi) is 2.62. The summed E-state index contributed by atoms with van der Waals surface area (Å²) in [7, 11) is 0. The van der Waals surface area contributed by atoms with E-state index < -0.39 is 0 Å². The second-order valence-electron chi connectivity index (χ2n) is 4.11. The van der Waals surface area contributed by atoms with E-state index in [0.29, 0.717) is 6.54 Å². The summed E-state index contributed by atoms with van der Waals surface area (Å²) in [6.07, 6.45) is 0. The molecule has 1 atom stereocenters. The van der Waals surface area contributed by atoms with Gasteiger partial charge in [0, 0.05) is 12.6 Å². The minimum Gasteiger partial charge on any atom is -0.336 e. The number of rotatable bonds is 2. The van der Waals surface area contributed by atoms with Gasteiger partial charge in [-0.2, -0.15) is 0 Å². The van der Waals surface area contributed by atoms with E-state index in [9.17, 15) is 4.79 Å². The lowest BCUT2D eigenvalue weighted by Gasteiger charge is -2.27. The second kappa shape index (κ2) is 3.93. The van der Waals surface area contributed by atoms with Crippen LogP contribution in [0.25, 0.3) is 0 Å². The van der Waals surface area contributed by atoms with Gasteiger partial charge in [0.2, 0.25) is 0 Å². The largest absolute Gasteiger partial charge is 0.336 e. The molecule has 1 saturated heterocycles. The second-order valence-corrected chi connectivity index (χ2v) is 4.11. The van der Waals surface area contributed by atoms with Gasteiger partial charge in [0.1, 0.15) is 0 Å². The number of hydrogen-bond donors (Lipinski definition) is 1. The number of nitrogens with zero attached hydrogens (tertiary/aromatic N) is 1. The van der Waals surface area contributed by atoms with E-state index in [4.69, 9.17) is 0 Å². The fourth-order valence-corrected chi connectivity index (χ4v) is 2.06. The highest BCUT2D eigenvalue weighted by molar-refractivity contribution is 5.77. The molecule has 0 bridgehead atoms. The molecule has 0 aromatic heterocycles. The first-order chi connectivity index (χ1) is 7.20. The van der Waals surface area contributed by atoms with Gasteiger partial charge in [-0.25, -0.2) is 4.79 Å². The van der Waals surface area contributed by atoms with Crippen LogP contribution < -0.4 is 5.32 Å². The smallest absolute Gasteiger partial charge is 0.318 e. The Labute approximate surface area is 90.1 Å². The van der Waals surface area contributed by atoms with Crippen LogP contribution in [0.15, 0.2) is 30.3 Å². The number of carbonyl (C=O) groups is 1. The summed E-state index contributed by atoms with van der Waals surface area (Å²) < 4.78 is 0. The normalized spacial score (nSPS) is 20.9. The van der Waals surface area contributed by atoms with Crippen molar-refractivity contribution in [3.8, 4) is 0 Å². The van der Waals surface area contributed by atoms with Gasteiger partial charge in [-0.1, -0.05) is 30.3 Å². The standard InChI is InChI=1S/C12H16N2O/c1-9(2)14-11(8-13-12(14)15)10-6-4-3-5-7-10/h3-7,9,11H,8H2,1-2H3,(H,13,15). The van der Waals surface area contributed by atoms with Crippen LogP contribution in [0.3, 0.4) is 0 Å². The molecule has 1 aliphatic heterocycles. The van der Waals surface area contributed by atoms with Crippen LogP contribution in [0.2, 0.25) is 0 Å². The van der Waals surface area contributed by atoms with Crippen molar-refractivity contribution in [1.29, 1.82) is 0 Å². The lowest BCUT2D eigenvalue weighted by atomic mass is 10.1. The molecule has 1 aromatic rings. The molecule has 3 nitrogen and oxygen atoms in total. The maximum Gasteiger partial charge on any atom is 0.318 e. The van der Waals surface area contributed by atoms with Gasteiger partial charge < -0.3 is 10.2 Å². The summed E-state index contributed by atoms with van der Waals surface area (Å²) >= 11 is 0. The molecule has 1 N–H and O–H groups in total. The lowest BCUT2D eigenvalue weighted by Crippen LogP contribution is -2.35. The molecule has 0 spiro atoms. The van der Waals surface area contributed by atoms with E-state index >= 15 is 0 Å². The summed E-state index contributed by atoms with van der Waals surface area (Å²) in [4.78, 5) is 13.5. The van der Waals surface area contributed by atoms with Gasteiger partial charge in [-0.15, -0.1) is 0 Å². The summed E-state index contributed by atoms with van der Waals surface area (Å²) in [5.74, 6) is 0. The Hall–Kier alpha value is -1.51. The fraction of sp³-hybridized carbons (Fsp3) is 0.417. The van der Waals surface area contributed by atoms with Gasteiger partial charge in [-0.05, 0) is 19.4 Å². The van der Waals surface area contributed by atoms with Crippen LogP contribution in [-0.4, -0.2) is 23.5 Å². The van der Waals surface area contributed by atoms with Gasteiger partial charge >= 0.3 is 6.03 Å². The van der Waals surface area contributed by atoms with Crippen molar-refractivity contribution < 1.29 is 4.79 Å². The predicted molar refractivity (Wildman–Crippen MR) is 59.6 cm³/mol. The monoisotopic (exact) mass is 204 g/mol. The molecule has 0 radical (unpaired) electrons. The minimum absolute atomic E-state index is 0.0406. The molecule has 15 heavy (non-hydrogen) atoms. The average molecular weight is 204 g/mol. The van der Waals surface area contributed by atoms with E-state index in [1.807, 2.05) is 36.9 Å². The first kappa shape index (κ1) is 10.0. The van der Waals surface area contributed by atoms with Crippen molar-refractivity contribution in [2.75, 3.05) is 6.54 Å². The van der Waals surface area contributed by atoms with Crippen LogP contribution in [0.1, 0.15) is 25.5 Å². The Morgan fingerprint density at radius 3 is 2.60 bits per heavy atom. The number of carbonyl (C=O) groups excluding carboxylic acids is 1. The Balaban J connectivity index is 2.26. The van der Waals surface area contributed by atoms with E-state index in [2.05, 4.69) is 17.4 Å². The SMILES string of the molecule is CC(C)N1C(=O)NCC1c1ccccc1. The van der Waals surface area contributed by atoms with Crippen LogP contribution in [0.5, 0.6) is 0 Å². The molecule has 0 aliphatic carbocycles. The third-order valence-corrected chi connectivity index (χ3v) is 2.76. The maximum absolute atomic E-state index is 11.6.